The van der Waals surface area contributed by atoms with E-state index in [1.54, 1.807) is 13.0 Å². The van der Waals surface area contributed by atoms with Gasteiger partial charge >= 0.3 is 5.51 Å². The van der Waals surface area contributed by atoms with Gasteiger partial charge in [0.15, 0.2) is 11.6 Å². The van der Waals surface area contributed by atoms with Gasteiger partial charge < -0.3 is 5.32 Å². The number of thioether (sulfide) groups is 1. The summed E-state index contributed by atoms with van der Waals surface area (Å²) in [6, 6.07) is 3.67. The molecule has 3 rings (SSSR count). The topological polar surface area (TPSA) is 85.6 Å². The molecule has 0 spiro atoms. The molecule has 1 atom stereocenters. The van der Waals surface area contributed by atoms with Gasteiger partial charge in [-0.3, -0.25) is 9.78 Å². The van der Waals surface area contributed by atoms with Crippen LogP contribution in [0.4, 0.5) is 13.2 Å². The van der Waals surface area contributed by atoms with Crippen molar-refractivity contribution in [1.82, 2.24) is 30.0 Å². The van der Waals surface area contributed by atoms with Crippen molar-refractivity contribution < 1.29 is 18.0 Å². The molecule has 0 saturated heterocycles. The third kappa shape index (κ3) is 5.31. The number of carbonyl (C=O) groups is 1. The quantitative estimate of drug-likeness (QED) is 0.610. The first-order chi connectivity index (χ1) is 13.8. The zero-order chi connectivity index (χ0) is 21.0. The summed E-state index contributed by atoms with van der Waals surface area (Å²) in [7, 11) is 0. The van der Waals surface area contributed by atoms with Crippen LogP contribution in [-0.4, -0.2) is 36.1 Å². The van der Waals surface area contributed by atoms with Crippen LogP contribution in [0.5, 0.6) is 0 Å². The second kappa shape index (κ2) is 8.60. The average Bonchev–Trinajstić information content (AvgIpc) is 3.17. The van der Waals surface area contributed by atoms with Gasteiger partial charge in [-0.25, -0.2) is 9.97 Å². The minimum absolute atomic E-state index is 0.0302. The van der Waals surface area contributed by atoms with Gasteiger partial charge in [0.2, 0.25) is 0 Å². The van der Waals surface area contributed by atoms with Gasteiger partial charge in [-0.1, -0.05) is 6.92 Å². The van der Waals surface area contributed by atoms with Crippen LogP contribution >= 0.6 is 11.8 Å². The molecule has 0 bridgehead atoms. The number of benzene rings is 1. The molecule has 0 saturated carbocycles. The Labute approximate surface area is 168 Å². The fourth-order valence-corrected chi connectivity index (χ4v) is 3.32. The number of hydrogen-bond acceptors (Lipinski definition) is 6. The zero-order valence-corrected chi connectivity index (χ0v) is 16.3. The number of rotatable bonds is 6. The molecule has 29 heavy (non-hydrogen) atoms. The van der Waals surface area contributed by atoms with Crippen molar-refractivity contribution in [1.29, 1.82) is 0 Å². The summed E-state index contributed by atoms with van der Waals surface area (Å²) in [5.74, 6) is 0.332. The van der Waals surface area contributed by atoms with Gasteiger partial charge in [0.25, 0.3) is 5.91 Å². The fraction of sp³-hybridized carbons (Fsp3) is 0.278. The Balaban J connectivity index is 1.82. The van der Waals surface area contributed by atoms with Gasteiger partial charge in [-0.15, -0.1) is 0 Å². The van der Waals surface area contributed by atoms with Crippen LogP contribution in [0.15, 0.2) is 48.0 Å². The smallest absolute Gasteiger partial charge is 0.342 e. The van der Waals surface area contributed by atoms with Crippen LogP contribution in [0, 0.1) is 0 Å². The van der Waals surface area contributed by atoms with Gasteiger partial charge in [0, 0.05) is 22.9 Å². The van der Waals surface area contributed by atoms with Crippen LogP contribution in [0.3, 0.4) is 0 Å². The molecule has 0 radical (unpaired) electrons. The van der Waals surface area contributed by atoms with Gasteiger partial charge in [-0.2, -0.15) is 23.0 Å². The summed E-state index contributed by atoms with van der Waals surface area (Å²) in [4.78, 5) is 24.9. The number of nitrogens with one attached hydrogen (secondary N) is 1. The Morgan fingerprint density at radius 1 is 1.24 bits per heavy atom. The first-order valence-electron chi connectivity index (χ1n) is 8.63. The van der Waals surface area contributed by atoms with Gasteiger partial charge in [-0.05, 0) is 48.9 Å². The Hall–Kier alpha value is -2.95. The standard InChI is InChI=1S/C18H17F3N6OS/c1-3-12-6-13(8-14(7-12)29-18(19,20)21)17(28)26-11(2)16-24-10-25-27(16)15-9-22-4-5-23-15/h4-11H,3H2,1-2H3,(H,26,28). The van der Waals surface area contributed by atoms with Crippen LogP contribution < -0.4 is 5.32 Å². The number of carbonyl (C=O) groups excluding carboxylic acids is 1. The molecule has 1 amide bonds. The molecular weight excluding hydrogens is 405 g/mol. The van der Waals surface area contributed by atoms with Crippen molar-refractivity contribution in [3.8, 4) is 5.82 Å². The molecule has 1 aromatic carbocycles. The highest BCUT2D eigenvalue weighted by atomic mass is 32.2. The lowest BCUT2D eigenvalue weighted by molar-refractivity contribution is -0.0328. The minimum atomic E-state index is -4.43. The van der Waals surface area contributed by atoms with Crippen LogP contribution in [0.1, 0.15) is 41.6 Å². The molecule has 152 valence electrons. The van der Waals surface area contributed by atoms with E-state index in [0.29, 0.717) is 23.6 Å². The molecule has 7 nitrogen and oxygen atoms in total. The highest BCUT2D eigenvalue weighted by Crippen LogP contribution is 2.37. The summed E-state index contributed by atoms with van der Waals surface area (Å²) >= 11 is -0.243. The molecule has 3 aromatic rings. The Bertz CT molecular complexity index is 993. The summed E-state index contributed by atoms with van der Waals surface area (Å²) < 4.78 is 39.7. The molecule has 0 aliphatic carbocycles. The van der Waals surface area contributed by atoms with Crippen molar-refractivity contribution >= 4 is 17.7 Å². The van der Waals surface area contributed by atoms with E-state index in [9.17, 15) is 18.0 Å². The van der Waals surface area contributed by atoms with E-state index in [4.69, 9.17) is 0 Å². The zero-order valence-electron chi connectivity index (χ0n) is 15.5. The summed E-state index contributed by atoms with van der Waals surface area (Å²) in [6.45, 7) is 3.51. The molecular formula is C18H17F3N6OS. The molecule has 0 aliphatic heterocycles. The van der Waals surface area contributed by atoms with E-state index in [0.717, 1.165) is 0 Å². The van der Waals surface area contributed by atoms with Crippen LogP contribution in [-0.2, 0) is 6.42 Å². The normalized spacial score (nSPS) is 12.6. The van der Waals surface area contributed by atoms with Crippen LogP contribution in [0.25, 0.3) is 5.82 Å². The third-order valence-corrected chi connectivity index (χ3v) is 4.65. The highest BCUT2D eigenvalue weighted by molar-refractivity contribution is 8.00. The molecule has 0 aliphatic rings. The molecule has 2 aromatic heterocycles. The second-order valence-electron chi connectivity index (χ2n) is 6.06. The van der Waals surface area contributed by atoms with E-state index in [1.165, 1.54) is 41.7 Å². The molecule has 0 fully saturated rings. The number of aryl methyl sites for hydroxylation is 1. The Morgan fingerprint density at radius 3 is 2.69 bits per heavy atom. The summed E-state index contributed by atoms with van der Waals surface area (Å²) in [5, 5.41) is 6.84. The van der Waals surface area contributed by atoms with Crippen molar-refractivity contribution in [2.45, 2.75) is 36.7 Å². The lowest BCUT2D eigenvalue weighted by Crippen LogP contribution is -2.29. The predicted octanol–water partition coefficient (Wildman–Crippen LogP) is 3.72. The first kappa shape index (κ1) is 20.8. The number of alkyl halides is 3. The number of halogens is 3. The summed E-state index contributed by atoms with van der Waals surface area (Å²) in [6.07, 6.45) is 6.34. The average molecular weight is 422 g/mol. The second-order valence-corrected chi connectivity index (χ2v) is 7.19. The molecule has 1 unspecified atom stereocenters. The lowest BCUT2D eigenvalue weighted by atomic mass is 10.1. The molecule has 11 heteroatoms. The van der Waals surface area contributed by atoms with E-state index in [2.05, 4.69) is 25.4 Å². The number of hydrogen-bond donors (Lipinski definition) is 1. The van der Waals surface area contributed by atoms with Crippen molar-refractivity contribution in [2.24, 2.45) is 0 Å². The van der Waals surface area contributed by atoms with E-state index in [1.807, 2.05) is 6.92 Å². The van der Waals surface area contributed by atoms with E-state index >= 15 is 0 Å². The maximum atomic E-state index is 12.7. The van der Waals surface area contributed by atoms with Gasteiger partial charge in [0.1, 0.15) is 6.33 Å². The molecule has 2 heterocycles. The maximum absolute atomic E-state index is 12.7. The van der Waals surface area contributed by atoms with E-state index in [-0.39, 0.29) is 22.2 Å². The fourth-order valence-electron chi connectivity index (χ4n) is 2.66. The highest BCUT2D eigenvalue weighted by Gasteiger charge is 2.30. The van der Waals surface area contributed by atoms with Crippen molar-refractivity contribution in [2.75, 3.05) is 0 Å². The number of nitrogens with zero attached hydrogens (tertiary/aromatic N) is 5. The van der Waals surface area contributed by atoms with Gasteiger partial charge in [0.05, 0.1) is 12.2 Å². The van der Waals surface area contributed by atoms with E-state index < -0.39 is 17.5 Å². The maximum Gasteiger partial charge on any atom is 0.446 e. The first-order valence-corrected chi connectivity index (χ1v) is 9.45. The largest absolute Gasteiger partial charge is 0.446 e. The Morgan fingerprint density at radius 2 is 2.03 bits per heavy atom. The number of amides is 1. The molecule has 1 N–H and O–H groups in total. The predicted molar refractivity (Wildman–Crippen MR) is 101 cm³/mol. The minimum Gasteiger partial charge on any atom is -0.342 e. The number of aromatic nitrogens is 5. The SMILES string of the molecule is CCc1cc(SC(F)(F)F)cc(C(=O)NC(C)c2ncnn2-c2cnccn2)c1. The van der Waals surface area contributed by atoms with Crippen molar-refractivity contribution in [3.63, 3.8) is 0 Å². The monoisotopic (exact) mass is 422 g/mol. The summed E-state index contributed by atoms with van der Waals surface area (Å²) in [5.41, 5.74) is -3.64. The lowest BCUT2D eigenvalue weighted by Gasteiger charge is -2.15. The van der Waals surface area contributed by atoms with Crippen LogP contribution in [0.2, 0.25) is 0 Å². The Kier molecular flexibility index (Phi) is 6.16. The third-order valence-electron chi connectivity index (χ3n) is 3.95. The van der Waals surface area contributed by atoms with Crippen molar-refractivity contribution in [3.05, 3.63) is 60.1 Å².